The van der Waals surface area contributed by atoms with Crippen molar-refractivity contribution in [2.45, 2.75) is 45.6 Å². The zero-order chi connectivity index (χ0) is 13.5. The van der Waals surface area contributed by atoms with Gasteiger partial charge in [-0.05, 0) is 52.1 Å². The van der Waals surface area contributed by atoms with E-state index < -0.39 is 5.91 Å². The predicted molar refractivity (Wildman–Crippen MR) is 70.9 cm³/mol. The number of rotatable bonds is 6. The zero-order valence-corrected chi connectivity index (χ0v) is 11.4. The maximum Gasteiger partial charge on any atom is 0.237 e. The van der Waals surface area contributed by atoms with Crippen molar-refractivity contribution in [1.29, 1.82) is 0 Å². The van der Waals surface area contributed by atoms with Gasteiger partial charge in [-0.25, -0.2) is 0 Å². The Morgan fingerprint density at radius 2 is 1.94 bits per heavy atom. The van der Waals surface area contributed by atoms with Crippen molar-refractivity contribution in [1.82, 2.24) is 10.2 Å². The van der Waals surface area contributed by atoms with Gasteiger partial charge in [0, 0.05) is 12.5 Å². The number of hydrogen-bond donors (Lipinski definition) is 2. The highest BCUT2D eigenvalue weighted by Gasteiger charge is 2.21. The zero-order valence-electron chi connectivity index (χ0n) is 11.4. The summed E-state index contributed by atoms with van der Waals surface area (Å²) in [6.07, 6.45) is 3.73. The molecular formula is C13H25N3O2. The van der Waals surface area contributed by atoms with Crippen molar-refractivity contribution in [3.05, 3.63) is 0 Å². The van der Waals surface area contributed by atoms with E-state index in [1.165, 1.54) is 0 Å². The van der Waals surface area contributed by atoms with Gasteiger partial charge in [-0.15, -0.1) is 0 Å². The smallest absolute Gasteiger partial charge is 0.237 e. The van der Waals surface area contributed by atoms with Gasteiger partial charge < -0.3 is 16.0 Å². The van der Waals surface area contributed by atoms with E-state index in [1.54, 1.807) is 4.90 Å². The summed E-state index contributed by atoms with van der Waals surface area (Å²) in [5.41, 5.74) is 5.17. The molecule has 1 rings (SSSR count). The summed E-state index contributed by atoms with van der Waals surface area (Å²) < 4.78 is 0. The molecule has 0 unspecified atom stereocenters. The average molecular weight is 255 g/mol. The van der Waals surface area contributed by atoms with Crippen molar-refractivity contribution in [3.8, 4) is 0 Å². The molecule has 5 heteroatoms. The third-order valence-electron chi connectivity index (χ3n) is 3.50. The summed E-state index contributed by atoms with van der Waals surface area (Å²) >= 11 is 0. The molecule has 0 aromatic rings. The first-order valence-electron chi connectivity index (χ1n) is 6.79. The van der Waals surface area contributed by atoms with E-state index in [-0.39, 0.29) is 18.5 Å². The summed E-state index contributed by atoms with van der Waals surface area (Å²) in [6.45, 7) is 5.95. The number of hydrogen-bond acceptors (Lipinski definition) is 3. The van der Waals surface area contributed by atoms with Gasteiger partial charge in [-0.2, -0.15) is 0 Å². The number of carbonyl (C=O) groups is 2. The Morgan fingerprint density at radius 3 is 2.44 bits per heavy atom. The lowest BCUT2D eigenvalue weighted by atomic mass is 9.93. The van der Waals surface area contributed by atoms with E-state index in [0.29, 0.717) is 12.3 Å². The van der Waals surface area contributed by atoms with E-state index in [0.717, 1.165) is 32.4 Å². The molecule has 0 radical (unpaired) electrons. The topological polar surface area (TPSA) is 75.4 Å². The second-order valence-corrected chi connectivity index (χ2v) is 5.31. The van der Waals surface area contributed by atoms with Crippen LogP contribution in [-0.2, 0) is 9.59 Å². The Bertz CT molecular complexity index is 286. The van der Waals surface area contributed by atoms with Crippen LogP contribution in [0.15, 0.2) is 0 Å². The number of nitrogens with one attached hydrogen (secondary N) is 1. The molecule has 0 aliphatic carbocycles. The standard InChI is InChI=1S/C13H25N3O2/c1-10(2)16(9-12(14)17)13(18)4-3-11-5-7-15-8-6-11/h10-11,15H,3-9H2,1-2H3,(H2,14,17). The fourth-order valence-electron chi connectivity index (χ4n) is 2.37. The van der Waals surface area contributed by atoms with Crippen LogP contribution in [0.2, 0.25) is 0 Å². The van der Waals surface area contributed by atoms with Gasteiger partial charge in [-0.1, -0.05) is 0 Å². The van der Waals surface area contributed by atoms with Crippen LogP contribution < -0.4 is 11.1 Å². The van der Waals surface area contributed by atoms with Crippen LogP contribution in [0.5, 0.6) is 0 Å². The molecule has 0 atom stereocenters. The van der Waals surface area contributed by atoms with Crippen LogP contribution in [0.4, 0.5) is 0 Å². The summed E-state index contributed by atoms with van der Waals surface area (Å²) in [7, 11) is 0. The second-order valence-electron chi connectivity index (χ2n) is 5.31. The molecule has 0 aromatic heterocycles. The summed E-state index contributed by atoms with van der Waals surface area (Å²) in [4.78, 5) is 24.6. The van der Waals surface area contributed by atoms with Crippen LogP contribution in [0.25, 0.3) is 0 Å². The van der Waals surface area contributed by atoms with Crippen molar-refractivity contribution in [2.24, 2.45) is 11.7 Å². The summed E-state index contributed by atoms with van der Waals surface area (Å²) in [6, 6.07) is 0.0259. The third kappa shape index (κ3) is 5.04. The maximum absolute atomic E-state index is 12.1. The van der Waals surface area contributed by atoms with Crippen molar-refractivity contribution in [2.75, 3.05) is 19.6 Å². The van der Waals surface area contributed by atoms with E-state index in [1.807, 2.05) is 13.8 Å². The maximum atomic E-state index is 12.1. The van der Waals surface area contributed by atoms with Gasteiger partial charge in [0.1, 0.15) is 0 Å². The average Bonchev–Trinajstić information content (AvgIpc) is 2.34. The van der Waals surface area contributed by atoms with Crippen molar-refractivity contribution in [3.63, 3.8) is 0 Å². The molecule has 18 heavy (non-hydrogen) atoms. The minimum atomic E-state index is -0.445. The molecule has 0 spiro atoms. The lowest BCUT2D eigenvalue weighted by Gasteiger charge is -2.27. The number of primary amides is 1. The minimum Gasteiger partial charge on any atom is -0.368 e. The highest BCUT2D eigenvalue weighted by atomic mass is 16.2. The number of nitrogens with two attached hydrogens (primary N) is 1. The Morgan fingerprint density at radius 1 is 1.33 bits per heavy atom. The van der Waals surface area contributed by atoms with Crippen LogP contribution in [0, 0.1) is 5.92 Å². The fourth-order valence-corrected chi connectivity index (χ4v) is 2.37. The Balaban J connectivity index is 2.38. The monoisotopic (exact) mass is 255 g/mol. The Hall–Kier alpha value is -1.10. The largest absolute Gasteiger partial charge is 0.368 e. The molecule has 3 N–H and O–H groups in total. The van der Waals surface area contributed by atoms with Crippen LogP contribution >= 0.6 is 0 Å². The van der Waals surface area contributed by atoms with Gasteiger partial charge in [0.05, 0.1) is 6.54 Å². The number of piperidine rings is 1. The molecule has 5 nitrogen and oxygen atoms in total. The van der Waals surface area contributed by atoms with Gasteiger partial charge >= 0.3 is 0 Å². The van der Waals surface area contributed by atoms with Gasteiger partial charge in [0.15, 0.2) is 0 Å². The van der Waals surface area contributed by atoms with E-state index in [9.17, 15) is 9.59 Å². The van der Waals surface area contributed by atoms with Crippen molar-refractivity contribution >= 4 is 11.8 Å². The molecule has 1 fully saturated rings. The number of nitrogens with zero attached hydrogens (tertiary/aromatic N) is 1. The van der Waals surface area contributed by atoms with Gasteiger partial charge in [-0.3, -0.25) is 9.59 Å². The molecule has 1 aliphatic rings. The van der Waals surface area contributed by atoms with Crippen LogP contribution in [0.1, 0.15) is 39.5 Å². The SMILES string of the molecule is CC(C)N(CC(N)=O)C(=O)CCC1CCNCC1. The summed E-state index contributed by atoms with van der Waals surface area (Å²) in [5.74, 6) is 0.235. The normalized spacial score (nSPS) is 16.8. The van der Waals surface area contributed by atoms with E-state index in [4.69, 9.17) is 5.73 Å². The highest BCUT2D eigenvalue weighted by molar-refractivity contribution is 5.84. The molecule has 1 heterocycles. The fraction of sp³-hybridized carbons (Fsp3) is 0.846. The van der Waals surface area contributed by atoms with Gasteiger partial charge in [0.2, 0.25) is 11.8 Å². The first-order chi connectivity index (χ1) is 8.50. The predicted octanol–water partition coefficient (Wildman–Crippen LogP) is 0.489. The Labute approximate surface area is 109 Å². The van der Waals surface area contributed by atoms with Crippen LogP contribution in [0.3, 0.4) is 0 Å². The lowest BCUT2D eigenvalue weighted by molar-refractivity contribution is -0.137. The second kappa shape index (κ2) is 7.36. The molecular weight excluding hydrogens is 230 g/mol. The van der Waals surface area contributed by atoms with E-state index >= 15 is 0 Å². The first-order valence-corrected chi connectivity index (χ1v) is 6.79. The van der Waals surface area contributed by atoms with E-state index in [2.05, 4.69) is 5.32 Å². The highest BCUT2D eigenvalue weighted by Crippen LogP contribution is 2.18. The molecule has 1 saturated heterocycles. The molecule has 0 bridgehead atoms. The Kier molecular flexibility index (Phi) is 6.12. The van der Waals surface area contributed by atoms with Crippen molar-refractivity contribution < 1.29 is 9.59 Å². The lowest BCUT2D eigenvalue weighted by Crippen LogP contribution is -2.43. The number of carbonyl (C=O) groups excluding carboxylic acids is 2. The minimum absolute atomic E-state index is 0.0259. The van der Waals surface area contributed by atoms with Gasteiger partial charge in [0.25, 0.3) is 0 Å². The first kappa shape index (κ1) is 15.0. The summed E-state index contributed by atoms with van der Waals surface area (Å²) in [5, 5.41) is 3.31. The molecule has 0 aromatic carbocycles. The third-order valence-corrected chi connectivity index (χ3v) is 3.50. The molecule has 104 valence electrons. The molecule has 2 amide bonds. The molecule has 0 saturated carbocycles. The quantitative estimate of drug-likeness (QED) is 0.725. The van der Waals surface area contributed by atoms with Crippen LogP contribution in [-0.4, -0.2) is 42.4 Å². The number of amides is 2. The molecule has 1 aliphatic heterocycles.